The number of nitrogens with zero attached hydrogens (tertiary/aromatic N) is 2. The molecule has 0 radical (unpaired) electrons. The predicted molar refractivity (Wildman–Crippen MR) is 103 cm³/mol. The van der Waals surface area contributed by atoms with Gasteiger partial charge >= 0.3 is 0 Å². The first-order valence-corrected chi connectivity index (χ1v) is 9.27. The Labute approximate surface area is 151 Å². The number of aryl methyl sites for hydroxylation is 1. The normalized spacial score (nSPS) is 19.5. The highest BCUT2D eigenvalue weighted by atomic mass is 16.3. The van der Waals surface area contributed by atoms with Crippen LogP contribution in [-0.2, 0) is 12.0 Å². The first-order valence-electron chi connectivity index (χ1n) is 9.27. The molecule has 3 nitrogen and oxygen atoms in total. The fourth-order valence-corrected chi connectivity index (χ4v) is 4.24. The monoisotopic (exact) mass is 338 g/mol. The minimum atomic E-state index is -1.01. The molecule has 1 aromatic carbocycles. The van der Waals surface area contributed by atoms with E-state index in [1.165, 1.54) is 5.56 Å². The largest absolute Gasteiger partial charge is 0.380 e. The van der Waals surface area contributed by atoms with Gasteiger partial charge in [-0.15, -0.1) is 0 Å². The Morgan fingerprint density at radius 2 is 1.80 bits per heavy atom. The number of pyridine rings is 1. The van der Waals surface area contributed by atoms with Gasteiger partial charge in [0.25, 0.3) is 0 Å². The molecule has 0 aliphatic carbocycles. The summed E-state index contributed by atoms with van der Waals surface area (Å²) in [6, 6.07) is 12.5. The summed E-state index contributed by atoms with van der Waals surface area (Å²) in [6.45, 7) is 10.4. The molecule has 3 heteroatoms. The van der Waals surface area contributed by atoms with E-state index in [-0.39, 0.29) is 5.41 Å². The third-order valence-electron chi connectivity index (χ3n) is 5.70. The van der Waals surface area contributed by atoms with Gasteiger partial charge in [-0.3, -0.25) is 4.98 Å². The molecule has 1 N–H and O–H groups in total. The van der Waals surface area contributed by atoms with Crippen LogP contribution in [0, 0.1) is 5.41 Å². The van der Waals surface area contributed by atoms with Gasteiger partial charge in [0.05, 0.1) is 0 Å². The zero-order valence-corrected chi connectivity index (χ0v) is 16.1. The molecule has 2 heterocycles. The first kappa shape index (κ1) is 18.1. The quantitative estimate of drug-likeness (QED) is 0.896. The van der Waals surface area contributed by atoms with Crippen molar-refractivity contribution in [1.82, 2.24) is 9.88 Å². The lowest BCUT2D eigenvalue weighted by molar-refractivity contribution is -0.127. The van der Waals surface area contributed by atoms with E-state index in [1.807, 2.05) is 12.3 Å². The van der Waals surface area contributed by atoms with E-state index in [4.69, 9.17) is 0 Å². The van der Waals surface area contributed by atoms with Crippen molar-refractivity contribution < 1.29 is 5.11 Å². The molecule has 0 bridgehead atoms. The molecular weight excluding hydrogens is 308 g/mol. The average molecular weight is 338 g/mol. The molecule has 1 unspecified atom stereocenters. The Morgan fingerprint density at radius 1 is 1.16 bits per heavy atom. The van der Waals surface area contributed by atoms with Crippen LogP contribution in [-0.4, -0.2) is 35.1 Å². The number of likely N-dealkylation sites (tertiary alicyclic amines) is 1. The smallest absolute Gasteiger partial charge is 0.122 e. The van der Waals surface area contributed by atoms with E-state index in [1.54, 1.807) is 0 Å². The molecule has 0 amide bonds. The number of hydrogen-bond donors (Lipinski definition) is 1. The van der Waals surface area contributed by atoms with Crippen molar-refractivity contribution in [3.8, 4) is 0 Å². The summed E-state index contributed by atoms with van der Waals surface area (Å²) < 4.78 is 0. The van der Waals surface area contributed by atoms with E-state index in [0.717, 1.165) is 36.3 Å². The van der Waals surface area contributed by atoms with Crippen molar-refractivity contribution in [2.24, 2.45) is 5.41 Å². The Balaban J connectivity index is 2.12. The summed E-state index contributed by atoms with van der Waals surface area (Å²) in [5.74, 6) is 0.486. The first-order chi connectivity index (χ1) is 11.8. The van der Waals surface area contributed by atoms with Crippen LogP contribution >= 0.6 is 0 Å². The molecule has 1 fully saturated rings. The van der Waals surface area contributed by atoms with Crippen molar-refractivity contribution in [3.05, 3.63) is 65.0 Å². The maximum absolute atomic E-state index is 12.0. The minimum Gasteiger partial charge on any atom is -0.380 e. The molecular formula is C22H30N2O. The van der Waals surface area contributed by atoms with Crippen LogP contribution in [0.1, 0.15) is 56.0 Å². The summed E-state index contributed by atoms with van der Waals surface area (Å²) in [6.07, 6.45) is 2.69. The van der Waals surface area contributed by atoms with Crippen molar-refractivity contribution in [2.45, 2.75) is 45.6 Å². The van der Waals surface area contributed by atoms with Crippen LogP contribution in [0.5, 0.6) is 0 Å². The van der Waals surface area contributed by atoms with Crippen LogP contribution in [0.2, 0.25) is 0 Å². The summed E-state index contributed by atoms with van der Waals surface area (Å²) in [5.41, 5.74) is 3.01. The van der Waals surface area contributed by atoms with Crippen molar-refractivity contribution in [1.29, 1.82) is 0 Å². The van der Waals surface area contributed by atoms with E-state index in [9.17, 15) is 5.11 Å². The molecule has 1 aromatic heterocycles. The van der Waals surface area contributed by atoms with Gasteiger partial charge in [0.1, 0.15) is 5.60 Å². The molecule has 2 aromatic rings. The number of hydrogen-bond acceptors (Lipinski definition) is 3. The van der Waals surface area contributed by atoms with Crippen LogP contribution in [0.4, 0.5) is 0 Å². The van der Waals surface area contributed by atoms with E-state index < -0.39 is 5.60 Å². The van der Waals surface area contributed by atoms with E-state index >= 15 is 0 Å². The summed E-state index contributed by atoms with van der Waals surface area (Å²) in [4.78, 5) is 6.68. The lowest BCUT2D eigenvalue weighted by Gasteiger charge is -2.56. The van der Waals surface area contributed by atoms with Crippen LogP contribution < -0.4 is 0 Å². The van der Waals surface area contributed by atoms with E-state index in [2.05, 4.69) is 75.0 Å². The SMILES string of the molecule is CCc1cc(C(O)(c2ccc(C(C)C)cc2)C2(C)CN(C)C2)ccn1. The Bertz CT molecular complexity index is 732. The number of rotatable bonds is 5. The van der Waals surface area contributed by atoms with Crippen molar-refractivity contribution in [3.63, 3.8) is 0 Å². The summed E-state index contributed by atoms with van der Waals surface area (Å²) in [7, 11) is 2.11. The molecule has 0 saturated carbocycles. The fourth-order valence-electron chi connectivity index (χ4n) is 4.24. The summed E-state index contributed by atoms with van der Waals surface area (Å²) >= 11 is 0. The van der Waals surface area contributed by atoms with Gasteiger partial charge in [0, 0.05) is 30.4 Å². The van der Waals surface area contributed by atoms with Gasteiger partial charge in [-0.1, -0.05) is 52.0 Å². The maximum Gasteiger partial charge on any atom is 0.122 e. The second-order valence-electron chi connectivity index (χ2n) is 8.11. The van der Waals surface area contributed by atoms with Gasteiger partial charge in [-0.05, 0) is 48.2 Å². The lowest BCUT2D eigenvalue weighted by Crippen LogP contribution is -2.63. The van der Waals surface area contributed by atoms with Crippen molar-refractivity contribution in [2.75, 3.05) is 20.1 Å². The highest BCUT2D eigenvalue weighted by molar-refractivity contribution is 5.42. The molecule has 1 aliphatic rings. The number of aromatic nitrogens is 1. The second-order valence-corrected chi connectivity index (χ2v) is 8.11. The summed E-state index contributed by atoms with van der Waals surface area (Å²) in [5, 5.41) is 12.0. The Kier molecular flexibility index (Phi) is 4.74. The van der Waals surface area contributed by atoms with Crippen LogP contribution in [0.15, 0.2) is 42.6 Å². The standard InChI is InChI=1S/C22H30N2O/c1-6-20-13-19(11-12-23-20)22(25,21(4)14-24(5)15-21)18-9-7-17(8-10-18)16(2)3/h7-13,16,25H,6,14-15H2,1-5H3. The maximum atomic E-state index is 12.0. The van der Waals surface area contributed by atoms with E-state index in [0.29, 0.717) is 5.92 Å². The molecule has 0 spiro atoms. The second kappa shape index (κ2) is 6.54. The molecule has 1 saturated heterocycles. The number of benzene rings is 1. The third-order valence-corrected chi connectivity index (χ3v) is 5.70. The minimum absolute atomic E-state index is 0.215. The Hall–Kier alpha value is -1.71. The van der Waals surface area contributed by atoms with Crippen molar-refractivity contribution >= 4 is 0 Å². The number of aliphatic hydroxyl groups is 1. The zero-order valence-electron chi connectivity index (χ0n) is 16.1. The van der Waals surface area contributed by atoms with Crippen LogP contribution in [0.25, 0.3) is 0 Å². The molecule has 1 atom stereocenters. The molecule has 25 heavy (non-hydrogen) atoms. The predicted octanol–water partition coefficient (Wildman–Crippen LogP) is 3.96. The third kappa shape index (κ3) is 3.00. The Morgan fingerprint density at radius 3 is 2.32 bits per heavy atom. The highest BCUT2D eigenvalue weighted by Crippen LogP contribution is 2.50. The average Bonchev–Trinajstić information content (AvgIpc) is 2.59. The van der Waals surface area contributed by atoms with Crippen LogP contribution in [0.3, 0.4) is 0 Å². The van der Waals surface area contributed by atoms with Gasteiger partial charge in [0.15, 0.2) is 0 Å². The van der Waals surface area contributed by atoms with Gasteiger partial charge in [-0.2, -0.15) is 0 Å². The molecule has 3 rings (SSSR count). The van der Waals surface area contributed by atoms with Gasteiger partial charge in [-0.25, -0.2) is 0 Å². The van der Waals surface area contributed by atoms with Gasteiger partial charge in [0.2, 0.25) is 0 Å². The fraction of sp³-hybridized carbons (Fsp3) is 0.500. The lowest BCUT2D eigenvalue weighted by atomic mass is 9.62. The molecule has 134 valence electrons. The molecule has 1 aliphatic heterocycles. The topological polar surface area (TPSA) is 36.4 Å². The highest BCUT2D eigenvalue weighted by Gasteiger charge is 2.55. The zero-order chi connectivity index (χ0) is 18.2. The van der Waals surface area contributed by atoms with Gasteiger partial charge < -0.3 is 10.0 Å².